The monoisotopic (exact) mass is 386 g/mol. The number of rotatable bonds is 7. The number of benzene rings is 1. The number of hydrogen-bond donors (Lipinski definition) is 0. The van der Waals surface area contributed by atoms with E-state index in [0.29, 0.717) is 19.4 Å². The molecule has 0 radical (unpaired) electrons. The molecule has 1 aromatic carbocycles. The second kappa shape index (κ2) is 9.46. The molecule has 0 aliphatic heterocycles. The fourth-order valence-electron chi connectivity index (χ4n) is 1.58. The lowest BCUT2D eigenvalue weighted by Gasteiger charge is -2.10. The lowest BCUT2D eigenvalue weighted by Crippen LogP contribution is -2.09. The molecule has 0 aromatic heterocycles. The van der Waals surface area contributed by atoms with Gasteiger partial charge in [0.25, 0.3) is 0 Å². The average molecular weight is 388 g/mol. The summed E-state index contributed by atoms with van der Waals surface area (Å²) >= 11 is 23.6. The minimum atomic E-state index is -0.536. The van der Waals surface area contributed by atoms with Crippen LogP contribution in [0.15, 0.2) is 6.07 Å². The Bertz CT molecular complexity index is 534. The van der Waals surface area contributed by atoms with Gasteiger partial charge in [-0.2, -0.15) is 0 Å². The van der Waals surface area contributed by atoms with E-state index < -0.39 is 5.97 Å². The van der Waals surface area contributed by atoms with Crippen LogP contribution in [0.3, 0.4) is 0 Å². The van der Waals surface area contributed by atoms with E-state index in [0.717, 1.165) is 0 Å². The van der Waals surface area contributed by atoms with Gasteiger partial charge in [0.1, 0.15) is 10.0 Å². The first-order chi connectivity index (χ1) is 10.4. The zero-order valence-electron chi connectivity index (χ0n) is 11.8. The van der Waals surface area contributed by atoms with E-state index in [-0.39, 0.29) is 44.7 Å². The Morgan fingerprint density at radius 3 is 1.95 bits per heavy atom. The Kier molecular flexibility index (Phi) is 8.33. The van der Waals surface area contributed by atoms with Crippen molar-refractivity contribution in [3.8, 4) is 5.75 Å². The van der Waals surface area contributed by atoms with Gasteiger partial charge in [0.15, 0.2) is 5.75 Å². The van der Waals surface area contributed by atoms with E-state index in [1.165, 1.54) is 6.07 Å². The number of esters is 2. The minimum Gasteiger partial charge on any atom is -0.466 e. The fourth-order valence-corrected chi connectivity index (χ4v) is 2.45. The van der Waals surface area contributed by atoms with Gasteiger partial charge in [-0.3, -0.25) is 9.59 Å². The number of carbonyl (C=O) groups is 2. The molecule has 8 heteroatoms. The Morgan fingerprint density at radius 1 is 0.955 bits per heavy atom. The maximum atomic E-state index is 11.8. The topological polar surface area (TPSA) is 52.6 Å². The number of hydrogen-bond acceptors (Lipinski definition) is 4. The molecule has 4 nitrogen and oxygen atoms in total. The molecule has 0 aliphatic carbocycles. The van der Waals surface area contributed by atoms with E-state index in [1.807, 2.05) is 0 Å². The Morgan fingerprint density at radius 2 is 1.45 bits per heavy atom. The zero-order chi connectivity index (χ0) is 16.7. The molecule has 22 heavy (non-hydrogen) atoms. The quantitative estimate of drug-likeness (QED) is 0.274. The molecule has 0 unspecified atom stereocenters. The summed E-state index contributed by atoms with van der Waals surface area (Å²) in [6, 6.07) is 1.37. The highest BCUT2D eigenvalue weighted by atomic mass is 35.5. The minimum absolute atomic E-state index is 0.0240. The second-order valence-electron chi connectivity index (χ2n) is 4.28. The average Bonchev–Trinajstić information content (AvgIpc) is 2.46. The smallest absolute Gasteiger partial charge is 0.311 e. The van der Waals surface area contributed by atoms with Crippen LogP contribution in [-0.4, -0.2) is 18.5 Å². The van der Waals surface area contributed by atoms with Crippen LogP contribution in [0.2, 0.25) is 20.1 Å². The molecule has 0 aliphatic rings. The largest absolute Gasteiger partial charge is 0.466 e. The molecule has 0 saturated heterocycles. The standard InChI is InChI=1S/C14H14Cl4O4/c1-2-21-10(19)5-3-4-6-11(20)22-14-12(17)8(15)7-9(16)13(14)18/h7H,2-6H2,1H3. The third-order valence-corrected chi connectivity index (χ3v) is 4.14. The molecule has 0 bridgehead atoms. The van der Waals surface area contributed by atoms with Crippen molar-refractivity contribution in [3.63, 3.8) is 0 Å². The molecule has 0 atom stereocenters. The highest BCUT2D eigenvalue weighted by Crippen LogP contribution is 2.42. The van der Waals surface area contributed by atoms with Gasteiger partial charge >= 0.3 is 11.9 Å². The predicted octanol–water partition coefficient (Wildman–Crippen LogP) is 5.33. The van der Waals surface area contributed by atoms with Crippen LogP contribution in [0.1, 0.15) is 32.6 Å². The van der Waals surface area contributed by atoms with Crippen LogP contribution in [0.4, 0.5) is 0 Å². The summed E-state index contributed by atoms with van der Waals surface area (Å²) in [6.45, 7) is 2.08. The van der Waals surface area contributed by atoms with Gasteiger partial charge in [-0.25, -0.2) is 0 Å². The molecule has 1 rings (SSSR count). The third kappa shape index (κ3) is 5.84. The van der Waals surface area contributed by atoms with Gasteiger partial charge in [0, 0.05) is 12.8 Å². The summed E-state index contributed by atoms with van der Waals surface area (Å²) in [7, 11) is 0. The van der Waals surface area contributed by atoms with Crippen molar-refractivity contribution < 1.29 is 19.1 Å². The first-order valence-corrected chi connectivity index (χ1v) is 8.07. The molecule has 122 valence electrons. The van der Waals surface area contributed by atoms with Crippen LogP contribution in [-0.2, 0) is 14.3 Å². The van der Waals surface area contributed by atoms with Crippen molar-refractivity contribution in [1.29, 1.82) is 0 Å². The summed E-state index contributed by atoms with van der Waals surface area (Å²) < 4.78 is 9.89. The number of unbranched alkanes of at least 4 members (excludes halogenated alkanes) is 1. The SMILES string of the molecule is CCOC(=O)CCCCC(=O)Oc1c(Cl)c(Cl)cc(Cl)c1Cl. The molecule has 0 saturated carbocycles. The highest BCUT2D eigenvalue weighted by molar-refractivity contribution is 6.48. The first kappa shape index (κ1) is 19.4. The van der Waals surface area contributed by atoms with Crippen molar-refractivity contribution in [2.75, 3.05) is 6.61 Å². The Balaban J connectivity index is 2.51. The molecule has 0 N–H and O–H groups in total. The van der Waals surface area contributed by atoms with Crippen LogP contribution in [0, 0.1) is 0 Å². The van der Waals surface area contributed by atoms with Gasteiger partial charge in [-0.15, -0.1) is 0 Å². The molecule has 0 fully saturated rings. The molecule has 0 heterocycles. The van der Waals surface area contributed by atoms with Gasteiger partial charge in [-0.05, 0) is 25.8 Å². The molecular formula is C14H14Cl4O4. The van der Waals surface area contributed by atoms with E-state index in [9.17, 15) is 9.59 Å². The van der Waals surface area contributed by atoms with Gasteiger partial charge in [-0.1, -0.05) is 46.4 Å². The van der Waals surface area contributed by atoms with Gasteiger partial charge < -0.3 is 9.47 Å². The van der Waals surface area contributed by atoms with Crippen molar-refractivity contribution in [1.82, 2.24) is 0 Å². The Labute approximate surface area is 148 Å². The fraction of sp³-hybridized carbons (Fsp3) is 0.429. The predicted molar refractivity (Wildman–Crippen MR) is 87.2 cm³/mol. The highest BCUT2D eigenvalue weighted by Gasteiger charge is 2.18. The van der Waals surface area contributed by atoms with E-state index >= 15 is 0 Å². The Hall–Kier alpha value is -0.680. The normalized spacial score (nSPS) is 10.4. The molecule has 0 amide bonds. The van der Waals surface area contributed by atoms with Crippen LogP contribution < -0.4 is 4.74 Å². The molecular weight excluding hydrogens is 374 g/mol. The molecule has 0 spiro atoms. The van der Waals surface area contributed by atoms with Crippen LogP contribution in [0.5, 0.6) is 5.75 Å². The lowest BCUT2D eigenvalue weighted by molar-refractivity contribution is -0.143. The first-order valence-electron chi connectivity index (χ1n) is 6.56. The summed E-state index contributed by atoms with van der Waals surface area (Å²) in [4.78, 5) is 22.9. The van der Waals surface area contributed by atoms with Crippen molar-refractivity contribution in [2.24, 2.45) is 0 Å². The summed E-state index contributed by atoms with van der Waals surface area (Å²) in [6.07, 6.45) is 1.36. The van der Waals surface area contributed by atoms with E-state index in [2.05, 4.69) is 0 Å². The maximum Gasteiger partial charge on any atom is 0.311 e. The van der Waals surface area contributed by atoms with Crippen molar-refractivity contribution >= 4 is 58.3 Å². The van der Waals surface area contributed by atoms with Crippen molar-refractivity contribution in [2.45, 2.75) is 32.6 Å². The van der Waals surface area contributed by atoms with Crippen LogP contribution in [0.25, 0.3) is 0 Å². The number of halogens is 4. The summed E-state index contributed by atoms with van der Waals surface area (Å²) in [5, 5.41) is 0.328. The van der Waals surface area contributed by atoms with Crippen molar-refractivity contribution in [3.05, 3.63) is 26.2 Å². The number of carbonyl (C=O) groups excluding carboxylic acids is 2. The zero-order valence-corrected chi connectivity index (χ0v) is 14.8. The number of ether oxygens (including phenoxy) is 2. The third-order valence-electron chi connectivity index (χ3n) is 2.60. The summed E-state index contributed by atoms with van der Waals surface area (Å²) in [5.41, 5.74) is 0. The summed E-state index contributed by atoms with van der Waals surface area (Å²) in [5.74, 6) is -0.884. The van der Waals surface area contributed by atoms with E-state index in [1.54, 1.807) is 6.92 Å². The van der Waals surface area contributed by atoms with Crippen LogP contribution >= 0.6 is 46.4 Å². The molecule has 1 aromatic rings. The van der Waals surface area contributed by atoms with E-state index in [4.69, 9.17) is 55.9 Å². The van der Waals surface area contributed by atoms with Gasteiger partial charge in [0.2, 0.25) is 0 Å². The lowest BCUT2D eigenvalue weighted by atomic mass is 10.2. The second-order valence-corrected chi connectivity index (χ2v) is 5.85. The maximum absolute atomic E-state index is 11.8. The van der Waals surface area contributed by atoms with Gasteiger partial charge in [0.05, 0.1) is 16.7 Å².